The first-order valence-electron chi connectivity index (χ1n) is 14.1. The molecule has 10 heteroatoms. The van der Waals surface area contributed by atoms with E-state index < -0.39 is 16.0 Å². The third-order valence-electron chi connectivity index (χ3n) is 8.09. The standard InChI is InChI=1S/C31H34N4O4S2/c1-33(24-8-4-2-5-9-24)41(37,38)27-15-12-23(13-16-27)30(36)39-26-14-17-28-29(22-26)40-31(32-28)35-20-18-34(19-21-35)25-10-6-3-7-11-25/h3,6-7,10-17,22,24H,2,4-5,8-9,18-21H2,1H3. The number of ether oxygens (including phenoxy) is 1. The summed E-state index contributed by atoms with van der Waals surface area (Å²) in [6, 6.07) is 21.9. The van der Waals surface area contributed by atoms with Crippen LogP contribution in [0.25, 0.3) is 10.2 Å². The van der Waals surface area contributed by atoms with Crippen molar-refractivity contribution in [3.63, 3.8) is 0 Å². The van der Waals surface area contributed by atoms with Crippen molar-refractivity contribution in [2.75, 3.05) is 43.0 Å². The summed E-state index contributed by atoms with van der Waals surface area (Å²) in [4.78, 5) is 22.6. The van der Waals surface area contributed by atoms with Gasteiger partial charge in [-0.05, 0) is 61.4 Å². The predicted molar refractivity (Wildman–Crippen MR) is 164 cm³/mol. The summed E-state index contributed by atoms with van der Waals surface area (Å²) in [6.45, 7) is 3.64. The van der Waals surface area contributed by atoms with Gasteiger partial charge in [-0.15, -0.1) is 0 Å². The molecule has 0 bridgehead atoms. The maximum atomic E-state index is 13.1. The number of piperazine rings is 1. The molecule has 41 heavy (non-hydrogen) atoms. The highest BCUT2D eigenvalue weighted by molar-refractivity contribution is 7.89. The summed E-state index contributed by atoms with van der Waals surface area (Å²) in [6.07, 6.45) is 5.03. The van der Waals surface area contributed by atoms with Crippen molar-refractivity contribution in [3.8, 4) is 5.75 Å². The van der Waals surface area contributed by atoms with Crippen molar-refractivity contribution in [2.24, 2.45) is 0 Å². The second-order valence-corrected chi connectivity index (χ2v) is 13.7. The Balaban J connectivity index is 1.09. The second-order valence-electron chi connectivity index (χ2n) is 10.7. The smallest absolute Gasteiger partial charge is 0.343 e. The second kappa shape index (κ2) is 11.8. The van der Waals surface area contributed by atoms with E-state index in [1.165, 1.54) is 34.3 Å². The highest BCUT2D eigenvalue weighted by atomic mass is 32.2. The number of benzene rings is 3. The summed E-state index contributed by atoms with van der Waals surface area (Å²) in [5, 5.41) is 0.964. The van der Waals surface area contributed by atoms with Crippen LogP contribution in [0.15, 0.2) is 77.7 Å². The van der Waals surface area contributed by atoms with Crippen molar-refractivity contribution >= 4 is 48.4 Å². The highest BCUT2D eigenvalue weighted by Crippen LogP contribution is 2.33. The van der Waals surface area contributed by atoms with E-state index in [9.17, 15) is 13.2 Å². The maximum Gasteiger partial charge on any atom is 0.343 e. The van der Waals surface area contributed by atoms with E-state index in [4.69, 9.17) is 9.72 Å². The van der Waals surface area contributed by atoms with Gasteiger partial charge in [-0.2, -0.15) is 4.31 Å². The lowest BCUT2D eigenvalue weighted by atomic mass is 9.96. The monoisotopic (exact) mass is 590 g/mol. The van der Waals surface area contributed by atoms with Gasteiger partial charge in [-0.1, -0.05) is 48.8 Å². The molecule has 1 aliphatic heterocycles. The zero-order chi connectivity index (χ0) is 28.4. The van der Waals surface area contributed by atoms with Crippen LogP contribution in [0.2, 0.25) is 0 Å². The number of sulfonamides is 1. The zero-order valence-electron chi connectivity index (χ0n) is 23.1. The van der Waals surface area contributed by atoms with Crippen molar-refractivity contribution in [2.45, 2.75) is 43.0 Å². The van der Waals surface area contributed by atoms with Gasteiger partial charge in [-0.25, -0.2) is 18.2 Å². The SMILES string of the molecule is CN(C1CCCCC1)S(=O)(=O)c1ccc(C(=O)Oc2ccc3nc(N4CCN(c5ccccc5)CC4)sc3c2)cc1. The van der Waals surface area contributed by atoms with Gasteiger partial charge in [-0.3, -0.25) is 0 Å². The van der Waals surface area contributed by atoms with Gasteiger partial charge in [0.15, 0.2) is 5.13 Å². The Morgan fingerprint density at radius 3 is 2.29 bits per heavy atom. The van der Waals surface area contributed by atoms with E-state index in [2.05, 4.69) is 34.1 Å². The van der Waals surface area contributed by atoms with Gasteiger partial charge >= 0.3 is 5.97 Å². The number of hydrogen-bond donors (Lipinski definition) is 0. The molecule has 0 radical (unpaired) electrons. The van der Waals surface area contributed by atoms with Crippen LogP contribution >= 0.6 is 11.3 Å². The predicted octanol–water partition coefficient (Wildman–Crippen LogP) is 5.80. The molecule has 0 atom stereocenters. The topological polar surface area (TPSA) is 83.0 Å². The lowest BCUT2D eigenvalue weighted by Gasteiger charge is -2.35. The first-order valence-corrected chi connectivity index (χ1v) is 16.4. The van der Waals surface area contributed by atoms with E-state index in [1.807, 2.05) is 18.2 Å². The fourth-order valence-corrected chi connectivity index (χ4v) is 8.08. The molecular formula is C31H34N4O4S2. The Bertz CT molecular complexity index is 1610. The number of thiazole rings is 1. The summed E-state index contributed by atoms with van der Waals surface area (Å²) in [5.41, 5.74) is 2.41. The summed E-state index contributed by atoms with van der Waals surface area (Å²) in [5.74, 6) is -0.101. The molecule has 2 fully saturated rings. The van der Waals surface area contributed by atoms with Crippen LogP contribution in [0.1, 0.15) is 42.5 Å². The van der Waals surface area contributed by atoms with Gasteiger partial charge in [0.1, 0.15) is 5.75 Å². The van der Waals surface area contributed by atoms with Gasteiger partial charge in [0.25, 0.3) is 0 Å². The Morgan fingerprint density at radius 2 is 1.59 bits per heavy atom. The molecular weight excluding hydrogens is 556 g/mol. The normalized spacial score (nSPS) is 16.8. The number of fused-ring (bicyclic) bond motifs is 1. The molecule has 0 unspecified atom stereocenters. The van der Waals surface area contributed by atoms with E-state index in [-0.39, 0.29) is 10.9 Å². The van der Waals surface area contributed by atoms with Crippen LogP contribution in [-0.2, 0) is 10.0 Å². The van der Waals surface area contributed by atoms with E-state index >= 15 is 0 Å². The maximum absolute atomic E-state index is 13.1. The molecule has 2 aliphatic rings. The summed E-state index contributed by atoms with van der Waals surface area (Å²) >= 11 is 1.59. The van der Waals surface area contributed by atoms with E-state index in [0.717, 1.165) is 73.6 Å². The number of carbonyl (C=O) groups is 1. The number of nitrogens with zero attached hydrogens (tertiary/aromatic N) is 4. The molecule has 1 saturated heterocycles. The number of anilines is 2. The van der Waals surface area contributed by atoms with Crippen LogP contribution in [0, 0.1) is 0 Å². The fraction of sp³-hybridized carbons (Fsp3) is 0.355. The summed E-state index contributed by atoms with van der Waals surface area (Å²) in [7, 11) is -1.97. The third kappa shape index (κ3) is 5.95. The molecule has 6 rings (SSSR count). The lowest BCUT2D eigenvalue weighted by molar-refractivity contribution is 0.0735. The molecule has 8 nitrogen and oxygen atoms in total. The van der Waals surface area contributed by atoms with Crippen LogP contribution < -0.4 is 14.5 Å². The summed E-state index contributed by atoms with van der Waals surface area (Å²) < 4.78 is 34.3. The molecule has 4 aromatic rings. The number of esters is 1. The van der Waals surface area contributed by atoms with Gasteiger partial charge in [0, 0.05) is 51.0 Å². The van der Waals surface area contributed by atoms with Crippen LogP contribution in [0.3, 0.4) is 0 Å². The van der Waals surface area contributed by atoms with Crippen LogP contribution in [-0.4, -0.2) is 62.9 Å². The van der Waals surface area contributed by atoms with Crippen LogP contribution in [0.5, 0.6) is 5.75 Å². The number of aromatic nitrogens is 1. The minimum atomic E-state index is -3.62. The number of hydrogen-bond acceptors (Lipinski definition) is 8. The number of rotatable bonds is 7. The fourth-order valence-electron chi connectivity index (χ4n) is 5.62. The van der Waals surface area contributed by atoms with Crippen molar-refractivity contribution in [3.05, 3.63) is 78.4 Å². The van der Waals surface area contributed by atoms with Crippen molar-refractivity contribution in [1.29, 1.82) is 0 Å². The number of carbonyl (C=O) groups excluding carboxylic acids is 1. The molecule has 1 saturated carbocycles. The molecule has 1 aromatic heterocycles. The Kier molecular flexibility index (Phi) is 7.96. The average molecular weight is 591 g/mol. The van der Waals surface area contributed by atoms with Crippen LogP contribution in [0.4, 0.5) is 10.8 Å². The van der Waals surface area contributed by atoms with Crippen molar-refractivity contribution < 1.29 is 17.9 Å². The van der Waals surface area contributed by atoms with Gasteiger partial charge < -0.3 is 14.5 Å². The average Bonchev–Trinajstić information content (AvgIpc) is 3.45. The first kappa shape index (κ1) is 27.7. The Morgan fingerprint density at radius 1 is 0.902 bits per heavy atom. The van der Waals surface area contributed by atoms with E-state index in [1.54, 1.807) is 24.5 Å². The molecule has 1 aliphatic carbocycles. The minimum Gasteiger partial charge on any atom is -0.423 e. The lowest BCUT2D eigenvalue weighted by Crippen LogP contribution is -2.46. The van der Waals surface area contributed by atoms with Crippen molar-refractivity contribution in [1.82, 2.24) is 9.29 Å². The number of para-hydroxylation sites is 1. The van der Waals surface area contributed by atoms with Gasteiger partial charge in [0.2, 0.25) is 10.0 Å². The minimum absolute atomic E-state index is 0.0273. The molecule has 0 spiro atoms. The molecule has 2 heterocycles. The third-order valence-corrected chi connectivity index (χ3v) is 11.1. The quantitative estimate of drug-likeness (QED) is 0.199. The Labute approximate surface area is 245 Å². The zero-order valence-corrected chi connectivity index (χ0v) is 24.7. The first-order chi connectivity index (χ1) is 19.9. The Hall–Kier alpha value is -3.47. The molecule has 0 N–H and O–H groups in total. The molecule has 214 valence electrons. The highest BCUT2D eigenvalue weighted by Gasteiger charge is 2.29. The van der Waals surface area contributed by atoms with E-state index in [0.29, 0.717) is 11.3 Å². The molecule has 3 aromatic carbocycles. The largest absolute Gasteiger partial charge is 0.423 e. The van der Waals surface area contributed by atoms with Gasteiger partial charge in [0.05, 0.1) is 20.7 Å². The molecule has 0 amide bonds.